The molecule has 0 atom stereocenters. The molecule has 0 amide bonds. The summed E-state index contributed by atoms with van der Waals surface area (Å²) in [6.45, 7) is 6.27. The Kier molecular flexibility index (Phi) is 3.61. The molecule has 0 aliphatic heterocycles. The van der Waals surface area contributed by atoms with E-state index in [4.69, 9.17) is 0 Å². The molecule has 18 heavy (non-hydrogen) atoms. The van der Waals surface area contributed by atoms with Crippen LogP contribution in [0.25, 0.3) is 0 Å². The van der Waals surface area contributed by atoms with Gasteiger partial charge in [0.25, 0.3) is 0 Å². The Bertz CT molecular complexity index is 568. The van der Waals surface area contributed by atoms with Crippen LogP contribution in [0.1, 0.15) is 39.5 Å². The summed E-state index contributed by atoms with van der Waals surface area (Å²) in [5.41, 5.74) is 5.25. The molecule has 0 fully saturated rings. The molecule has 2 aromatic rings. The van der Waals surface area contributed by atoms with E-state index in [1.165, 1.54) is 11.1 Å². The number of ketones is 1. The molecule has 0 aliphatic rings. The topological polar surface area (TPSA) is 17.1 Å². The molecule has 0 saturated heterocycles. The number of hydrogen-bond acceptors (Lipinski definition) is 1. The molecule has 0 bridgehead atoms. The van der Waals surface area contributed by atoms with Gasteiger partial charge in [0.15, 0.2) is 5.78 Å². The van der Waals surface area contributed by atoms with Gasteiger partial charge in [0.05, 0.1) is 0 Å². The van der Waals surface area contributed by atoms with Crippen LogP contribution in [0.3, 0.4) is 0 Å². The summed E-state index contributed by atoms with van der Waals surface area (Å²) >= 11 is 0. The molecule has 0 spiro atoms. The third-order valence-corrected chi connectivity index (χ3v) is 3.47. The van der Waals surface area contributed by atoms with E-state index in [1.54, 1.807) is 0 Å². The smallest absolute Gasteiger partial charge is 0.193 e. The van der Waals surface area contributed by atoms with E-state index < -0.39 is 0 Å². The molecule has 0 aliphatic carbocycles. The van der Waals surface area contributed by atoms with Crippen molar-refractivity contribution in [3.63, 3.8) is 0 Å². The Morgan fingerprint density at radius 2 is 1.67 bits per heavy atom. The van der Waals surface area contributed by atoms with Gasteiger partial charge in [-0.15, -0.1) is 0 Å². The normalized spacial score (nSPS) is 10.4. The van der Waals surface area contributed by atoms with Gasteiger partial charge in [0.2, 0.25) is 0 Å². The first-order chi connectivity index (χ1) is 8.65. The average molecular weight is 238 g/mol. The Balaban J connectivity index is 2.50. The zero-order valence-corrected chi connectivity index (χ0v) is 11.2. The maximum Gasteiger partial charge on any atom is 0.193 e. The van der Waals surface area contributed by atoms with Gasteiger partial charge in [-0.05, 0) is 37.0 Å². The molecule has 1 heteroatoms. The van der Waals surface area contributed by atoms with Crippen LogP contribution in [-0.2, 0) is 6.42 Å². The molecular weight excluding hydrogens is 220 g/mol. The zero-order chi connectivity index (χ0) is 13.1. The fourth-order valence-corrected chi connectivity index (χ4v) is 2.43. The first-order valence-corrected chi connectivity index (χ1v) is 6.34. The average Bonchev–Trinajstić information content (AvgIpc) is 2.40. The predicted molar refractivity (Wildman–Crippen MR) is 75.2 cm³/mol. The third kappa shape index (κ3) is 2.21. The van der Waals surface area contributed by atoms with Crippen molar-refractivity contribution in [2.45, 2.75) is 27.2 Å². The molecule has 0 unspecified atom stereocenters. The van der Waals surface area contributed by atoms with Crippen molar-refractivity contribution >= 4 is 5.78 Å². The number of hydrogen-bond donors (Lipinski definition) is 0. The summed E-state index contributed by atoms with van der Waals surface area (Å²) < 4.78 is 0. The summed E-state index contributed by atoms with van der Waals surface area (Å²) in [4.78, 5) is 12.4. The van der Waals surface area contributed by atoms with Crippen molar-refractivity contribution in [3.8, 4) is 0 Å². The highest BCUT2D eigenvalue weighted by atomic mass is 16.1. The van der Waals surface area contributed by atoms with E-state index in [9.17, 15) is 4.79 Å². The van der Waals surface area contributed by atoms with Gasteiger partial charge < -0.3 is 0 Å². The van der Waals surface area contributed by atoms with E-state index in [0.29, 0.717) is 0 Å². The number of aryl methyl sites for hydroxylation is 1. The molecule has 2 rings (SSSR count). The largest absolute Gasteiger partial charge is 0.289 e. The molecule has 0 N–H and O–H groups in total. The molecule has 0 heterocycles. The predicted octanol–water partition coefficient (Wildman–Crippen LogP) is 4.10. The lowest BCUT2D eigenvalue weighted by molar-refractivity contribution is 0.103. The van der Waals surface area contributed by atoms with E-state index in [2.05, 4.69) is 13.8 Å². The second kappa shape index (κ2) is 5.18. The van der Waals surface area contributed by atoms with Crippen LogP contribution in [0.5, 0.6) is 0 Å². The lowest BCUT2D eigenvalue weighted by Crippen LogP contribution is -2.06. The van der Waals surface area contributed by atoms with Gasteiger partial charge in [-0.1, -0.05) is 49.4 Å². The van der Waals surface area contributed by atoms with Crippen LogP contribution in [-0.4, -0.2) is 5.78 Å². The van der Waals surface area contributed by atoms with Crippen molar-refractivity contribution in [1.82, 2.24) is 0 Å². The van der Waals surface area contributed by atoms with Crippen LogP contribution in [0.15, 0.2) is 42.5 Å². The minimum absolute atomic E-state index is 0.114. The minimum Gasteiger partial charge on any atom is -0.289 e. The summed E-state index contributed by atoms with van der Waals surface area (Å²) in [6.07, 6.45) is 0.966. The van der Waals surface area contributed by atoms with Crippen LogP contribution in [0.4, 0.5) is 0 Å². The molecule has 92 valence electrons. The van der Waals surface area contributed by atoms with Gasteiger partial charge in [0.1, 0.15) is 0 Å². The molecule has 1 nitrogen and oxygen atoms in total. The highest BCUT2D eigenvalue weighted by Gasteiger charge is 2.14. The first-order valence-electron chi connectivity index (χ1n) is 6.34. The Labute approximate surface area is 108 Å². The van der Waals surface area contributed by atoms with Crippen LogP contribution >= 0.6 is 0 Å². The molecule has 2 aromatic carbocycles. The molecule has 0 radical (unpaired) electrons. The summed E-state index contributed by atoms with van der Waals surface area (Å²) in [5.74, 6) is 0.114. The van der Waals surface area contributed by atoms with Gasteiger partial charge in [-0.25, -0.2) is 0 Å². The van der Waals surface area contributed by atoms with Gasteiger partial charge in [-0.3, -0.25) is 4.79 Å². The maximum atomic E-state index is 12.4. The summed E-state index contributed by atoms with van der Waals surface area (Å²) in [6, 6.07) is 13.5. The number of carbonyl (C=O) groups excluding carboxylic acids is 1. The fourth-order valence-electron chi connectivity index (χ4n) is 2.43. The summed E-state index contributed by atoms with van der Waals surface area (Å²) in [7, 11) is 0. The summed E-state index contributed by atoms with van der Waals surface area (Å²) in [5, 5.41) is 0. The second-order valence-corrected chi connectivity index (χ2v) is 4.58. The molecule has 0 aromatic heterocycles. The Morgan fingerprint density at radius 3 is 2.28 bits per heavy atom. The first kappa shape index (κ1) is 12.6. The minimum atomic E-state index is 0.114. The lowest BCUT2D eigenvalue weighted by atomic mass is 9.92. The van der Waals surface area contributed by atoms with Gasteiger partial charge >= 0.3 is 0 Å². The molecule has 0 saturated carbocycles. The third-order valence-electron chi connectivity index (χ3n) is 3.47. The van der Waals surface area contributed by atoms with E-state index in [0.717, 1.165) is 23.1 Å². The molecular formula is C17H18O. The van der Waals surface area contributed by atoms with Crippen molar-refractivity contribution in [1.29, 1.82) is 0 Å². The highest BCUT2D eigenvalue weighted by molar-refractivity contribution is 6.10. The van der Waals surface area contributed by atoms with Crippen LogP contribution in [0, 0.1) is 13.8 Å². The van der Waals surface area contributed by atoms with E-state index >= 15 is 0 Å². The number of carbonyl (C=O) groups is 1. The SMILES string of the molecule is CCc1c(C)ccc(C(=O)c2ccccc2)c1C. The van der Waals surface area contributed by atoms with E-state index in [-0.39, 0.29) is 5.78 Å². The highest BCUT2D eigenvalue weighted by Crippen LogP contribution is 2.21. The van der Waals surface area contributed by atoms with Crippen LogP contribution in [0.2, 0.25) is 0 Å². The van der Waals surface area contributed by atoms with Crippen molar-refractivity contribution in [2.24, 2.45) is 0 Å². The fraction of sp³-hybridized carbons (Fsp3) is 0.235. The van der Waals surface area contributed by atoms with Crippen LogP contribution < -0.4 is 0 Å². The van der Waals surface area contributed by atoms with Crippen molar-refractivity contribution in [3.05, 3.63) is 70.3 Å². The standard InChI is InChI=1S/C17H18O/c1-4-15-12(2)10-11-16(13(15)3)17(18)14-8-6-5-7-9-14/h5-11H,4H2,1-3H3. The lowest BCUT2D eigenvalue weighted by Gasteiger charge is -2.12. The van der Waals surface area contributed by atoms with E-state index in [1.807, 2.05) is 49.4 Å². The Morgan fingerprint density at radius 1 is 1.00 bits per heavy atom. The quantitative estimate of drug-likeness (QED) is 0.736. The second-order valence-electron chi connectivity index (χ2n) is 4.58. The zero-order valence-electron chi connectivity index (χ0n) is 11.2. The van der Waals surface area contributed by atoms with Crippen molar-refractivity contribution < 1.29 is 4.79 Å². The number of rotatable bonds is 3. The van der Waals surface area contributed by atoms with Gasteiger partial charge in [-0.2, -0.15) is 0 Å². The monoisotopic (exact) mass is 238 g/mol. The van der Waals surface area contributed by atoms with Gasteiger partial charge in [0, 0.05) is 11.1 Å². The maximum absolute atomic E-state index is 12.4. The Hall–Kier alpha value is -1.89. The number of benzene rings is 2. The van der Waals surface area contributed by atoms with Crippen molar-refractivity contribution in [2.75, 3.05) is 0 Å².